The molecule has 0 amide bonds. The summed E-state index contributed by atoms with van der Waals surface area (Å²) in [5.74, 6) is 1.84. The second kappa shape index (κ2) is 5.97. The second-order valence-electron chi connectivity index (χ2n) is 5.63. The summed E-state index contributed by atoms with van der Waals surface area (Å²) in [5.41, 5.74) is 9.38. The van der Waals surface area contributed by atoms with Crippen LogP contribution < -0.4 is 16.0 Å². The number of morpholine rings is 1. The van der Waals surface area contributed by atoms with Gasteiger partial charge in [0.25, 0.3) is 0 Å². The summed E-state index contributed by atoms with van der Waals surface area (Å²) in [6.45, 7) is 2.93. The topological polar surface area (TPSA) is 105 Å². The number of rotatable bonds is 3. The Labute approximate surface area is 139 Å². The average molecular weight is 325 g/mol. The van der Waals surface area contributed by atoms with E-state index in [2.05, 4.69) is 25.4 Å². The highest BCUT2D eigenvalue weighted by atomic mass is 16.5. The minimum atomic E-state index is 0.384. The van der Waals surface area contributed by atoms with Gasteiger partial charge in [0, 0.05) is 31.4 Å². The molecule has 1 saturated heterocycles. The van der Waals surface area contributed by atoms with Crippen molar-refractivity contribution in [2.45, 2.75) is 0 Å². The van der Waals surface area contributed by atoms with Crippen LogP contribution in [-0.4, -0.2) is 53.5 Å². The van der Waals surface area contributed by atoms with Gasteiger partial charge in [-0.2, -0.15) is 5.10 Å². The minimum absolute atomic E-state index is 0.384. The summed E-state index contributed by atoms with van der Waals surface area (Å²) in [7, 11) is 1.89. The minimum Gasteiger partial charge on any atom is -0.388 e. The fourth-order valence-corrected chi connectivity index (χ4v) is 2.83. The van der Waals surface area contributed by atoms with Gasteiger partial charge in [0.2, 0.25) is 0 Å². The van der Waals surface area contributed by atoms with Crippen molar-refractivity contribution in [3.63, 3.8) is 0 Å². The molecule has 0 atom stereocenters. The lowest BCUT2D eigenvalue weighted by atomic mass is 10.2. The van der Waals surface area contributed by atoms with Crippen LogP contribution >= 0.6 is 0 Å². The zero-order valence-electron chi connectivity index (χ0n) is 13.4. The standard InChI is InChI=1S/C16H19N7O/c1-18-11-4-2-10(3-5-11)15-19-12-13(21-22-14(12)17)16(20-15)23-6-8-24-9-7-23/h2-5,18H,6-9H2,1H3,(H3,17,21,22). The Bertz CT molecular complexity index is 853. The smallest absolute Gasteiger partial charge is 0.172 e. The Morgan fingerprint density at radius 1 is 1.17 bits per heavy atom. The number of fused-ring (bicyclic) bond motifs is 1. The number of nitrogens with two attached hydrogens (primary N) is 1. The van der Waals surface area contributed by atoms with Gasteiger partial charge in [0.05, 0.1) is 13.2 Å². The third-order valence-electron chi connectivity index (χ3n) is 4.16. The first kappa shape index (κ1) is 14.7. The highest BCUT2D eigenvalue weighted by Crippen LogP contribution is 2.29. The van der Waals surface area contributed by atoms with Gasteiger partial charge >= 0.3 is 0 Å². The van der Waals surface area contributed by atoms with Crippen molar-refractivity contribution in [3.05, 3.63) is 24.3 Å². The third-order valence-corrected chi connectivity index (χ3v) is 4.16. The number of nitrogens with zero attached hydrogens (tertiary/aromatic N) is 4. The van der Waals surface area contributed by atoms with Crippen molar-refractivity contribution in [3.8, 4) is 11.4 Å². The number of nitrogens with one attached hydrogen (secondary N) is 2. The van der Waals surface area contributed by atoms with Crippen molar-refractivity contribution < 1.29 is 4.74 Å². The Morgan fingerprint density at radius 2 is 1.92 bits per heavy atom. The molecule has 0 unspecified atom stereocenters. The molecule has 8 nitrogen and oxygen atoms in total. The van der Waals surface area contributed by atoms with Crippen LogP contribution in [0.1, 0.15) is 0 Å². The first-order chi connectivity index (χ1) is 11.8. The number of aromatic amines is 1. The van der Waals surface area contributed by atoms with Gasteiger partial charge in [-0.05, 0) is 24.3 Å². The first-order valence-corrected chi connectivity index (χ1v) is 7.89. The lowest BCUT2D eigenvalue weighted by Crippen LogP contribution is -2.37. The van der Waals surface area contributed by atoms with Gasteiger partial charge < -0.3 is 20.7 Å². The fourth-order valence-electron chi connectivity index (χ4n) is 2.83. The molecule has 0 saturated carbocycles. The third kappa shape index (κ3) is 2.50. The number of benzene rings is 1. The highest BCUT2D eigenvalue weighted by molar-refractivity contribution is 5.94. The zero-order chi connectivity index (χ0) is 16.5. The normalized spacial score (nSPS) is 15.0. The summed E-state index contributed by atoms with van der Waals surface area (Å²) < 4.78 is 5.44. The van der Waals surface area contributed by atoms with E-state index in [9.17, 15) is 0 Å². The molecule has 3 aromatic rings. The van der Waals surface area contributed by atoms with E-state index in [1.54, 1.807) is 0 Å². The summed E-state index contributed by atoms with van der Waals surface area (Å²) in [5, 5.41) is 10.2. The number of hydrogen-bond acceptors (Lipinski definition) is 7. The number of nitrogen functional groups attached to an aromatic ring is 1. The average Bonchev–Trinajstić information content (AvgIpc) is 3.03. The summed E-state index contributed by atoms with van der Waals surface area (Å²) in [6.07, 6.45) is 0. The lowest BCUT2D eigenvalue weighted by molar-refractivity contribution is 0.122. The quantitative estimate of drug-likeness (QED) is 0.670. The highest BCUT2D eigenvalue weighted by Gasteiger charge is 2.20. The van der Waals surface area contributed by atoms with E-state index in [0.717, 1.165) is 35.7 Å². The largest absolute Gasteiger partial charge is 0.388 e. The van der Waals surface area contributed by atoms with E-state index < -0.39 is 0 Å². The first-order valence-electron chi connectivity index (χ1n) is 7.89. The maximum atomic E-state index is 5.98. The van der Waals surface area contributed by atoms with E-state index in [1.165, 1.54) is 0 Å². The molecule has 3 heterocycles. The van der Waals surface area contributed by atoms with E-state index in [4.69, 9.17) is 15.5 Å². The number of ether oxygens (including phenoxy) is 1. The molecule has 8 heteroatoms. The van der Waals surface area contributed by atoms with Crippen LogP contribution in [0.3, 0.4) is 0 Å². The molecule has 0 spiro atoms. The van der Waals surface area contributed by atoms with Crippen LogP contribution in [0.5, 0.6) is 0 Å². The second-order valence-corrected chi connectivity index (χ2v) is 5.63. The van der Waals surface area contributed by atoms with Crippen LogP contribution in [-0.2, 0) is 4.74 Å². The number of H-pyrrole nitrogens is 1. The van der Waals surface area contributed by atoms with Crippen LogP contribution in [0.15, 0.2) is 24.3 Å². The Balaban J connectivity index is 1.84. The van der Waals surface area contributed by atoms with Crippen molar-refractivity contribution in [1.29, 1.82) is 0 Å². The number of hydrogen-bond donors (Lipinski definition) is 3. The van der Waals surface area contributed by atoms with Crippen LogP contribution in [0.2, 0.25) is 0 Å². The Morgan fingerprint density at radius 3 is 2.62 bits per heavy atom. The molecule has 0 bridgehead atoms. The van der Waals surface area contributed by atoms with Crippen molar-refractivity contribution in [2.75, 3.05) is 49.3 Å². The molecule has 1 aromatic carbocycles. The Kier molecular flexibility index (Phi) is 3.66. The van der Waals surface area contributed by atoms with Gasteiger partial charge in [-0.3, -0.25) is 5.10 Å². The van der Waals surface area contributed by atoms with E-state index in [0.29, 0.717) is 30.4 Å². The molecule has 24 heavy (non-hydrogen) atoms. The molecular formula is C16H19N7O. The van der Waals surface area contributed by atoms with Crippen molar-refractivity contribution in [1.82, 2.24) is 20.2 Å². The molecule has 0 radical (unpaired) electrons. The van der Waals surface area contributed by atoms with Gasteiger partial charge in [0.1, 0.15) is 11.0 Å². The molecular weight excluding hydrogens is 306 g/mol. The lowest BCUT2D eigenvalue weighted by Gasteiger charge is -2.28. The summed E-state index contributed by atoms with van der Waals surface area (Å²) in [6, 6.07) is 7.98. The van der Waals surface area contributed by atoms with Crippen molar-refractivity contribution >= 4 is 28.4 Å². The monoisotopic (exact) mass is 325 g/mol. The van der Waals surface area contributed by atoms with E-state index in [-0.39, 0.29) is 0 Å². The maximum Gasteiger partial charge on any atom is 0.172 e. The molecule has 0 aliphatic carbocycles. The van der Waals surface area contributed by atoms with Crippen molar-refractivity contribution in [2.24, 2.45) is 0 Å². The SMILES string of the molecule is CNc1ccc(-c2nc(N3CCOCC3)c3[nH]nc(N)c3n2)cc1. The predicted molar refractivity (Wildman–Crippen MR) is 94.1 cm³/mol. The fraction of sp³-hybridized carbons (Fsp3) is 0.312. The molecule has 1 aliphatic rings. The Hall–Kier alpha value is -2.87. The van der Waals surface area contributed by atoms with Crippen LogP contribution in [0.25, 0.3) is 22.4 Å². The summed E-state index contributed by atoms with van der Waals surface area (Å²) in [4.78, 5) is 11.6. The van der Waals surface area contributed by atoms with Gasteiger partial charge in [-0.1, -0.05) is 0 Å². The van der Waals surface area contributed by atoms with Crippen LogP contribution in [0, 0.1) is 0 Å². The molecule has 4 N–H and O–H groups in total. The van der Waals surface area contributed by atoms with E-state index >= 15 is 0 Å². The molecule has 1 fully saturated rings. The molecule has 4 rings (SSSR count). The molecule has 2 aromatic heterocycles. The maximum absolute atomic E-state index is 5.98. The zero-order valence-corrected chi connectivity index (χ0v) is 13.4. The summed E-state index contributed by atoms with van der Waals surface area (Å²) >= 11 is 0. The number of anilines is 3. The number of aromatic nitrogens is 4. The van der Waals surface area contributed by atoms with Crippen LogP contribution in [0.4, 0.5) is 17.3 Å². The molecule has 124 valence electrons. The van der Waals surface area contributed by atoms with Gasteiger partial charge in [0.15, 0.2) is 17.5 Å². The van der Waals surface area contributed by atoms with E-state index in [1.807, 2.05) is 31.3 Å². The van der Waals surface area contributed by atoms with Gasteiger partial charge in [-0.25, -0.2) is 9.97 Å². The molecule has 1 aliphatic heterocycles. The van der Waals surface area contributed by atoms with Gasteiger partial charge in [-0.15, -0.1) is 0 Å². The predicted octanol–water partition coefficient (Wildman–Crippen LogP) is 1.48.